The van der Waals surface area contributed by atoms with E-state index in [2.05, 4.69) is 6.07 Å². The lowest BCUT2D eigenvalue weighted by Gasteiger charge is -2.10. The Balaban J connectivity index is 1.64. The van der Waals surface area contributed by atoms with Crippen LogP contribution in [0.3, 0.4) is 0 Å². The zero-order valence-electron chi connectivity index (χ0n) is 15.8. The summed E-state index contributed by atoms with van der Waals surface area (Å²) in [5, 5.41) is 11.6. The third-order valence-electron chi connectivity index (χ3n) is 5.05. The highest BCUT2D eigenvalue weighted by Crippen LogP contribution is 2.34. The molecule has 6 nitrogen and oxygen atoms in total. The van der Waals surface area contributed by atoms with Crippen LogP contribution in [0.5, 0.6) is 0 Å². The van der Waals surface area contributed by atoms with Gasteiger partial charge in [0.1, 0.15) is 22.6 Å². The molecule has 1 aliphatic rings. The highest BCUT2D eigenvalue weighted by molar-refractivity contribution is 7.18. The molecule has 0 amide bonds. The molecule has 3 aromatic rings. The van der Waals surface area contributed by atoms with Gasteiger partial charge in [0.25, 0.3) is 0 Å². The summed E-state index contributed by atoms with van der Waals surface area (Å²) >= 11 is 0.965. The second-order valence-electron chi connectivity index (χ2n) is 6.67. The molecular weight excluding hydrogens is 388 g/mol. The summed E-state index contributed by atoms with van der Waals surface area (Å²) in [4.78, 5) is 25.2. The van der Waals surface area contributed by atoms with E-state index >= 15 is 0 Å². The molecule has 0 aliphatic heterocycles. The number of hydrogen-bond donors (Lipinski definition) is 1. The Morgan fingerprint density at radius 2 is 1.90 bits per heavy atom. The molecule has 1 heterocycles. The minimum absolute atomic E-state index is 0.145. The molecule has 0 saturated heterocycles. The Morgan fingerprint density at radius 1 is 1.14 bits per heavy atom. The standard InChI is InChI=1S/C22H18N2O4S/c1-2-27-22(26)19-17(16(10-23)20(24)29-19)11-28-21(25)15-9-8-13-7-6-12-4-3-5-14(15)18(12)13/h3-5,8-9H,2,6-7,11,24H2,1H3. The molecule has 0 fully saturated rings. The second-order valence-corrected chi connectivity index (χ2v) is 7.72. The molecule has 4 rings (SSSR count). The van der Waals surface area contributed by atoms with Gasteiger partial charge in [-0.25, -0.2) is 9.59 Å². The van der Waals surface area contributed by atoms with Gasteiger partial charge < -0.3 is 15.2 Å². The number of anilines is 1. The fraction of sp³-hybridized carbons (Fsp3) is 0.227. The Kier molecular flexibility index (Phi) is 4.95. The Bertz CT molecular complexity index is 1180. The maximum absolute atomic E-state index is 12.8. The van der Waals surface area contributed by atoms with E-state index in [-0.39, 0.29) is 34.2 Å². The largest absolute Gasteiger partial charge is 0.462 e. The van der Waals surface area contributed by atoms with Gasteiger partial charge in [0, 0.05) is 5.56 Å². The zero-order valence-corrected chi connectivity index (χ0v) is 16.6. The van der Waals surface area contributed by atoms with Gasteiger partial charge in [-0.05, 0) is 47.7 Å². The number of nitrogens with zero attached hydrogens (tertiary/aromatic N) is 1. The number of thiophene rings is 1. The van der Waals surface area contributed by atoms with Crippen LogP contribution in [0.25, 0.3) is 10.8 Å². The van der Waals surface area contributed by atoms with Crippen molar-refractivity contribution in [1.82, 2.24) is 0 Å². The van der Waals surface area contributed by atoms with Crippen molar-refractivity contribution in [2.75, 3.05) is 12.3 Å². The van der Waals surface area contributed by atoms with Crippen LogP contribution in [-0.2, 0) is 28.9 Å². The number of carbonyl (C=O) groups excluding carboxylic acids is 2. The number of aryl methyl sites for hydroxylation is 2. The van der Waals surface area contributed by atoms with Crippen molar-refractivity contribution < 1.29 is 19.1 Å². The first-order valence-corrected chi connectivity index (χ1v) is 10.1. The minimum atomic E-state index is -0.581. The molecule has 0 saturated carbocycles. The number of esters is 2. The second kappa shape index (κ2) is 7.57. The van der Waals surface area contributed by atoms with Crippen molar-refractivity contribution in [2.24, 2.45) is 0 Å². The van der Waals surface area contributed by atoms with Gasteiger partial charge in [0.15, 0.2) is 0 Å². The van der Waals surface area contributed by atoms with Gasteiger partial charge in [0.05, 0.1) is 17.7 Å². The SMILES string of the molecule is CCOC(=O)c1sc(N)c(C#N)c1COC(=O)c1ccc2c3c(cccc13)CC2. The number of ether oxygens (including phenoxy) is 2. The first-order valence-electron chi connectivity index (χ1n) is 9.24. The minimum Gasteiger partial charge on any atom is -0.462 e. The molecule has 2 aromatic carbocycles. The van der Waals surface area contributed by atoms with Crippen LogP contribution < -0.4 is 5.73 Å². The van der Waals surface area contributed by atoms with Crippen molar-refractivity contribution in [3.05, 3.63) is 63.0 Å². The Morgan fingerprint density at radius 3 is 2.62 bits per heavy atom. The fourth-order valence-electron chi connectivity index (χ4n) is 3.75. The van der Waals surface area contributed by atoms with E-state index in [0.29, 0.717) is 5.56 Å². The van der Waals surface area contributed by atoms with E-state index in [1.54, 1.807) is 13.0 Å². The molecule has 0 radical (unpaired) electrons. The van der Waals surface area contributed by atoms with E-state index in [9.17, 15) is 14.9 Å². The molecule has 146 valence electrons. The van der Waals surface area contributed by atoms with Crippen LogP contribution in [0.4, 0.5) is 5.00 Å². The third-order valence-corrected chi connectivity index (χ3v) is 6.09. The highest BCUT2D eigenvalue weighted by atomic mass is 32.1. The summed E-state index contributed by atoms with van der Waals surface area (Å²) in [7, 11) is 0. The smallest absolute Gasteiger partial charge is 0.348 e. The molecule has 1 aliphatic carbocycles. The summed E-state index contributed by atoms with van der Waals surface area (Å²) in [5.74, 6) is -1.09. The molecule has 0 spiro atoms. The number of benzene rings is 2. The molecule has 1 aromatic heterocycles. The zero-order chi connectivity index (χ0) is 20.5. The van der Waals surface area contributed by atoms with Gasteiger partial charge in [0.2, 0.25) is 0 Å². The van der Waals surface area contributed by atoms with Crippen molar-refractivity contribution in [2.45, 2.75) is 26.4 Å². The average Bonchev–Trinajstić information content (AvgIpc) is 3.28. The fourth-order valence-corrected chi connectivity index (χ4v) is 4.66. The Hall–Kier alpha value is -3.37. The third kappa shape index (κ3) is 3.22. The van der Waals surface area contributed by atoms with E-state index in [4.69, 9.17) is 15.2 Å². The van der Waals surface area contributed by atoms with Crippen LogP contribution >= 0.6 is 11.3 Å². The number of nitriles is 1. The molecule has 0 unspecified atom stereocenters. The molecule has 0 atom stereocenters. The molecule has 0 bridgehead atoms. The van der Waals surface area contributed by atoms with Gasteiger partial charge in [-0.1, -0.05) is 24.3 Å². The predicted molar refractivity (Wildman–Crippen MR) is 110 cm³/mol. The lowest BCUT2D eigenvalue weighted by Crippen LogP contribution is -2.10. The topological polar surface area (TPSA) is 102 Å². The van der Waals surface area contributed by atoms with E-state index in [0.717, 1.165) is 35.0 Å². The number of carbonyl (C=O) groups is 2. The van der Waals surface area contributed by atoms with Gasteiger partial charge in [-0.3, -0.25) is 0 Å². The molecule has 2 N–H and O–H groups in total. The van der Waals surface area contributed by atoms with Crippen LogP contribution in [0, 0.1) is 11.3 Å². The van der Waals surface area contributed by atoms with Crippen LogP contribution in [0.2, 0.25) is 0 Å². The van der Waals surface area contributed by atoms with Crippen molar-refractivity contribution >= 4 is 39.0 Å². The summed E-state index contributed by atoms with van der Waals surface area (Å²) in [5.41, 5.74) is 9.22. The monoisotopic (exact) mass is 406 g/mol. The van der Waals surface area contributed by atoms with Gasteiger partial charge >= 0.3 is 11.9 Å². The number of rotatable bonds is 5. The summed E-state index contributed by atoms with van der Waals surface area (Å²) in [6.45, 7) is 1.65. The number of hydrogen-bond acceptors (Lipinski definition) is 7. The molecular formula is C22H18N2O4S. The summed E-state index contributed by atoms with van der Waals surface area (Å²) in [6.07, 6.45) is 1.93. The maximum atomic E-state index is 12.8. The van der Waals surface area contributed by atoms with E-state index in [1.165, 1.54) is 11.1 Å². The van der Waals surface area contributed by atoms with Crippen LogP contribution in [-0.4, -0.2) is 18.5 Å². The summed E-state index contributed by atoms with van der Waals surface area (Å²) < 4.78 is 10.5. The van der Waals surface area contributed by atoms with Crippen LogP contribution in [0.15, 0.2) is 30.3 Å². The first kappa shape index (κ1) is 19.0. The maximum Gasteiger partial charge on any atom is 0.348 e. The van der Waals surface area contributed by atoms with Crippen LogP contribution in [0.1, 0.15) is 49.2 Å². The van der Waals surface area contributed by atoms with Gasteiger partial charge in [-0.15, -0.1) is 11.3 Å². The van der Waals surface area contributed by atoms with E-state index in [1.807, 2.05) is 24.3 Å². The summed E-state index contributed by atoms with van der Waals surface area (Å²) in [6, 6.07) is 11.6. The van der Waals surface area contributed by atoms with Gasteiger partial charge in [-0.2, -0.15) is 5.26 Å². The number of nitrogen functional groups attached to an aromatic ring is 1. The average molecular weight is 406 g/mol. The normalized spacial score (nSPS) is 12.0. The Labute approximate surface area is 171 Å². The predicted octanol–water partition coefficient (Wildman–Crippen LogP) is 3.99. The first-order chi connectivity index (χ1) is 14.0. The van der Waals surface area contributed by atoms with Crippen molar-refractivity contribution in [1.29, 1.82) is 5.26 Å². The van der Waals surface area contributed by atoms with E-state index < -0.39 is 11.9 Å². The quantitative estimate of drug-likeness (QED) is 0.643. The molecule has 7 heteroatoms. The lowest BCUT2D eigenvalue weighted by atomic mass is 10.00. The van der Waals surface area contributed by atoms with Crippen molar-refractivity contribution in [3.8, 4) is 6.07 Å². The molecule has 29 heavy (non-hydrogen) atoms. The van der Waals surface area contributed by atoms with Crippen molar-refractivity contribution in [3.63, 3.8) is 0 Å². The number of nitrogens with two attached hydrogens (primary N) is 1. The highest BCUT2D eigenvalue weighted by Gasteiger charge is 2.25. The lowest BCUT2D eigenvalue weighted by molar-refractivity contribution is 0.0454.